The van der Waals surface area contributed by atoms with Crippen LogP contribution in [-0.2, 0) is 4.79 Å². The van der Waals surface area contributed by atoms with Gasteiger partial charge in [-0.3, -0.25) is 4.79 Å². The molecule has 1 saturated heterocycles. The van der Waals surface area contributed by atoms with Gasteiger partial charge in [-0.2, -0.15) is 0 Å². The third kappa shape index (κ3) is 3.13. The molecule has 0 radical (unpaired) electrons. The largest absolute Gasteiger partial charge is 0.342 e. The molecule has 1 saturated carbocycles. The van der Waals surface area contributed by atoms with Crippen LogP contribution in [-0.4, -0.2) is 29.8 Å². The minimum absolute atomic E-state index is 0.393. The second-order valence-corrected chi connectivity index (χ2v) is 5.70. The predicted octanol–water partition coefficient (Wildman–Crippen LogP) is 3.04. The lowest BCUT2D eigenvalue weighted by Crippen LogP contribution is -2.41. The topological polar surface area (TPSA) is 20.3 Å². The molecule has 2 rings (SSSR count). The first-order valence-corrected chi connectivity index (χ1v) is 7.17. The Morgan fingerprint density at radius 1 is 1.19 bits per heavy atom. The summed E-state index contributed by atoms with van der Waals surface area (Å²) in [6, 6.07) is 0. The van der Waals surface area contributed by atoms with Crippen molar-refractivity contribution < 1.29 is 4.79 Å². The zero-order valence-electron chi connectivity index (χ0n) is 9.96. The maximum atomic E-state index is 12.0. The molecule has 0 N–H and O–H groups in total. The molecule has 0 bridgehead atoms. The van der Waals surface area contributed by atoms with Crippen LogP contribution >= 0.6 is 11.6 Å². The van der Waals surface area contributed by atoms with E-state index < -0.39 is 0 Å². The lowest BCUT2D eigenvalue weighted by atomic mass is 9.82. The van der Waals surface area contributed by atoms with Crippen LogP contribution in [0.4, 0.5) is 0 Å². The van der Waals surface area contributed by atoms with Crippen molar-refractivity contribution in [2.75, 3.05) is 19.0 Å². The van der Waals surface area contributed by atoms with Gasteiger partial charge in [-0.05, 0) is 43.9 Å². The van der Waals surface area contributed by atoms with Gasteiger partial charge in [0, 0.05) is 25.4 Å². The summed E-state index contributed by atoms with van der Waals surface area (Å²) >= 11 is 5.77. The monoisotopic (exact) mass is 243 g/mol. The average Bonchev–Trinajstić information content (AvgIpc) is 2.24. The lowest BCUT2D eigenvalue weighted by molar-refractivity contribution is -0.134. The van der Waals surface area contributed by atoms with Gasteiger partial charge in [0.05, 0.1) is 0 Å². The molecule has 0 aromatic rings. The van der Waals surface area contributed by atoms with Crippen LogP contribution in [0.1, 0.15) is 44.9 Å². The molecule has 1 aliphatic carbocycles. The molecule has 3 heteroatoms. The van der Waals surface area contributed by atoms with Gasteiger partial charge in [-0.15, -0.1) is 11.6 Å². The number of likely N-dealkylation sites (tertiary alicyclic amines) is 1. The van der Waals surface area contributed by atoms with Gasteiger partial charge in [0.2, 0.25) is 5.91 Å². The fourth-order valence-electron chi connectivity index (χ4n) is 2.75. The Labute approximate surface area is 103 Å². The molecular weight excluding hydrogens is 222 g/mol. The van der Waals surface area contributed by atoms with Gasteiger partial charge in [0.25, 0.3) is 0 Å². The summed E-state index contributed by atoms with van der Waals surface area (Å²) in [4.78, 5) is 14.1. The van der Waals surface area contributed by atoms with Crippen molar-refractivity contribution in [1.82, 2.24) is 4.90 Å². The highest BCUT2D eigenvalue weighted by atomic mass is 35.5. The average molecular weight is 244 g/mol. The van der Waals surface area contributed by atoms with Gasteiger partial charge in [-0.25, -0.2) is 0 Å². The zero-order chi connectivity index (χ0) is 11.4. The summed E-state index contributed by atoms with van der Waals surface area (Å²) < 4.78 is 0. The van der Waals surface area contributed by atoms with E-state index in [0.29, 0.717) is 17.7 Å². The molecule has 1 atom stereocenters. The molecular formula is C13H22ClNO. The molecule has 0 spiro atoms. The summed E-state index contributed by atoms with van der Waals surface area (Å²) in [5.74, 6) is 2.47. The predicted molar refractivity (Wildman–Crippen MR) is 66.6 cm³/mol. The number of amides is 1. The maximum absolute atomic E-state index is 12.0. The first-order chi connectivity index (χ1) is 7.79. The summed E-state index contributed by atoms with van der Waals surface area (Å²) in [7, 11) is 0. The number of hydrogen-bond donors (Lipinski definition) is 0. The Morgan fingerprint density at radius 3 is 2.56 bits per heavy atom. The summed E-state index contributed by atoms with van der Waals surface area (Å²) in [5.41, 5.74) is 0. The van der Waals surface area contributed by atoms with E-state index in [1.54, 1.807) is 0 Å². The third-order valence-corrected chi connectivity index (χ3v) is 4.30. The Morgan fingerprint density at radius 2 is 1.94 bits per heavy atom. The number of nitrogens with zero attached hydrogens (tertiary/aromatic N) is 1. The van der Waals surface area contributed by atoms with Gasteiger partial charge in [0.1, 0.15) is 0 Å². The molecule has 16 heavy (non-hydrogen) atoms. The Hall–Kier alpha value is -0.240. The van der Waals surface area contributed by atoms with Crippen LogP contribution in [0.15, 0.2) is 0 Å². The summed E-state index contributed by atoms with van der Waals surface area (Å²) in [6.45, 7) is 1.93. The number of halogens is 1. The number of rotatable bonds is 4. The van der Waals surface area contributed by atoms with Crippen molar-refractivity contribution in [2.45, 2.75) is 44.9 Å². The molecule has 1 unspecified atom stereocenters. The molecule has 0 aromatic heterocycles. The highest BCUT2D eigenvalue weighted by Crippen LogP contribution is 2.30. The van der Waals surface area contributed by atoms with Crippen molar-refractivity contribution in [1.29, 1.82) is 0 Å². The van der Waals surface area contributed by atoms with Crippen LogP contribution in [0.5, 0.6) is 0 Å². The molecule has 92 valence electrons. The van der Waals surface area contributed by atoms with Crippen LogP contribution in [0, 0.1) is 11.8 Å². The maximum Gasteiger partial charge on any atom is 0.222 e. The molecule has 2 nitrogen and oxygen atoms in total. The van der Waals surface area contributed by atoms with Crippen molar-refractivity contribution in [3.63, 3.8) is 0 Å². The number of hydrogen-bond acceptors (Lipinski definition) is 1. The fraction of sp³-hybridized carbons (Fsp3) is 0.923. The molecule has 1 amide bonds. The van der Waals surface area contributed by atoms with Crippen LogP contribution in [0.3, 0.4) is 0 Å². The number of alkyl halides is 1. The minimum atomic E-state index is 0.393. The number of piperidine rings is 1. The van der Waals surface area contributed by atoms with E-state index >= 15 is 0 Å². The Bertz CT molecular complexity index is 238. The highest BCUT2D eigenvalue weighted by Gasteiger charge is 2.27. The normalized spacial score (nSPS) is 26.6. The third-order valence-electron chi connectivity index (χ3n) is 4.08. The van der Waals surface area contributed by atoms with Crippen LogP contribution in [0.25, 0.3) is 0 Å². The van der Waals surface area contributed by atoms with E-state index in [-0.39, 0.29) is 0 Å². The lowest BCUT2D eigenvalue weighted by Gasteiger charge is -2.34. The van der Waals surface area contributed by atoms with E-state index in [4.69, 9.17) is 11.6 Å². The van der Waals surface area contributed by atoms with Gasteiger partial charge < -0.3 is 4.90 Å². The van der Waals surface area contributed by atoms with Crippen LogP contribution < -0.4 is 0 Å². The molecule has 1 aliphatic heterocycles. The number of carbonyl (C=O) groups is 1. The van der Waals surface area contributed by atoms with E-state index in [1.807, 2.05) is 0 Å². The molecule has 1 heterocycles. The van der Waals surface area contributed by atoms with Crippen molar-refractivity contribution >= 4 is 17.5 Å². The van der Waals surface area contributed by atoms with Gasteiger partial charge in [0.15, 0.2) is 0 Å². The highest BCUT2D eigenvalue weighted by molar-refractivity contribution is 6.17. The second kappa shape index (κ2) is 5.90. The second-order valence-electron chi connectivity index (χ2n) is 5.33. The SMILES string of the molecule is O=C(CC1CCC1)N1CCCC(CCCl)C1. The molecule has 0 aromatic carbocycles. The van der Waals surface area contributed by atoms with E-state index in [9.17, 15) is 4.79 Å². The summed E-state index contributed by atoms with van der Waals surface area (Å²) in [5, 5.41) is 0. The fourth-order valence-corrected chi connectivity index (χ4v) is 3.06. The van der Waals surface area contributed by atoms with Gasteiger partial charge in [-0.1, -0.05) is 6.42 Å². The number of carbonyl (C=O) groups excluding carboxylic acids is 1. The summed E-state index contributed by atoms with van der Waals surface area (Å²) in [6.07, 6.45) is 8.14. The first kappa shape index (κ1) is 12.2. The zero-order valence-corrected chi connectivity index (χ0v) is 10.7. The quantitative estimate of drug-likeness (QED) is 0.695. The Kier molecular flexibility index (Phi) is 4.51. The standard InChI is InChI=1S/C13H22ClNO/c14-7-6-12-5-2-8-15(10-12)13(16)9-11-3-1-4-11/h11-12H,1-10H2. The van der Waals surface area contributed by atoms with E-state index in [1.165, 1.54) is 25.7 Å². The van der Waals surface area contributed by atoms with E-state index in [0.717, 1.165) is 38.2 Å². The molecule has 2 fully saturated rings. The van der Waals surface area contributed by atoms with Crippen LogP contribution in [0.2, 0.25) is 0 Å². The first-order valence-electron chi connectivity index (χ1n) is 6.63. The smallest absolute Gasteiger partial charge is 0.222 e. The van der Waals surface area contributed by atoms with Crippen molar-refractivity contribution in [3.8, 4) is 0 Å². The van der Waals surface area contributed by atoms with Crippen molar-refractivity contribution in [2.24, 2.45) is 11.8 Å². The van der Waals surface area contributed by atoms with Gasteiger partial charge >= 0.3 is 0 Å². The minimum Gasteiger partial charge on any atom is -0.342 e. The van der Waals surface area contributed by atoms with Crippen molar-refractivity contribution in [3.05, 3.63) is 0 Å². The Balaban J connectivity index is 1.76. The van der Waals surface area contributed by atoms with E-state index in [2.05, 4.69) is 4.90 Å². The molecule has 2 aliphatic rings.